The summed E-state index contributed by atoms with van der Waals surface area (Å²) in [6, 6.07) is 0.543. The molecule has 70 valence electrons. The van der Waals surface area contributed by atoms with Gasteiger partial charge in [0.15, 0.2) is 0 Å². The van der Waals surface area contributed by atoms with Crippen molar-refractivity contribution in [1.82, 2.24) is 4.90 Å². The van der Waals surface area contributed by atoms with E-state index in [4.69, 9.17) is 0 Å². The van der Waals surface area contributed by atoms with E-state index < -0.39 is 0 Å². The fourth-order valence-corrected chi connectivity index (χ4v) is 2.05. The van der Waals surface area contributed by atoms with Gasteiger partial charge in [-0.1, -0.05) is 13.3 Å². The molecule has 1 rings (SSSR count). The Morgan fingerprint density at radius 1 is 1.50 bits per heavy atom. The molecule has 0 unspecified atom stereocenters. The first-order valence-corrected chi connectivity index (χ1v) is 5.03. The van der Waals surface area contributed by atoms with Crippen molar-refractivity contribution in [2.75, 3.05) is 6.54 Å². The average Bonchev–Trinajstić information content (AvgIpc) is 2.05. The van der Waals surface area contributed by atoms with Crippen LogP contribution in [0.3, 0.4) is 0 Å². The molecule has 2 nitrogen and oxygen atoms in total. The lowest BCUT2D eigenvalue weighted by molar-refractivity contribution is -0.132. The van der Waals surface area contributed by atoms with E-state index in [1.54, 1.807) is 6.92 Å². The molecule has 1 atom stereocenters. The van der Waals surface area contributed by atoms with E-state index in [9.17, 15) is 4.79 Å². The molecule has 0 aliphatic carbocycles. The van der Waals surface area contributed by atoms with Gasteiger partial charge in [-0.2, -0.15) is 0 Å². The Balaban J connectivity index is 2.48. The van der Waals surface area contributed by atoms with E-state index >= 15 is 0 Å². The highest BCUT2D eigenvalue weighted by Gasteiger charge is 2.22. The number of amides is 1. The van der Waals surface area contributed by atoms with Gasteiger partial charge in [-0.3, -0.25) is 4.79 Å². The number of carbonyl (C=O) groups is 1. The molecular formula is C10H19NO. The average molecular weight is 169 g/mol. The molecule has 0 bridgehead atoms. The summed E-state index contributed by atoms with van der Waals surface area (Å²) in [5, 5.41) is 0. The Labute approximate surface area is 74.9 Å². The van der Waals surface area contributed by atoms with Crippen molar-refractivity contribution in [3.05, 3.63) is 0 Å². The lowest BCUT2D eigenvalue weighted by atomic mass is 9.98. The predicted octanol–water partition coefficient (Wildman–Crippen LogP) is 2.19. The Morgan fingerprint density at radius 3 is 2.83 bits per heavy atom. The summed E-state index contributed by atoms with van der Waals surface area (Å²) in [5.74, 6) is 0.258. The van der Waals surface area contributed by atoms with Crippen LogP contribution in [0.15, 0.2) is 0 Å². The molecule has 0 radical (unpaired) electrons. The van der Waals surface area contributed by atoms with Gasteiger partial charge in [0.2, 0.25) is 5.91 Å². The smallest absolute Gasteiger partial charge is 0.219 e. The summed E-state index contributed by atoms with van der Waals surface area (Å²) in [6.45, 7) is 4.86. The topological polar surface area (TPSA) is 20.3 Å². The van der Waals surface area contributed by atoms with E-state index in [2.05, 4.69) is 6.92 Å². The van der Waals surface area contributed by atoms with Crippen molar-refractivity contribution in [3.63, 3.8) is 0 Å². The van der Waals surface area contributed by atoms with Crippen LogP contribution in [-0.2, 0) is 4.79 Å². The van der Waals surface area contributed by atoms with Gasteiger partial charge in [0.25, 0.3) is 0 Å². The minimum Gasteiger partial charge on any atom is -0.340 e. The molecule has 1 fully saturated rings. The van der Waals surface area contributed by atoms with E-state index in [-0.39, 0.29) is 5.91 Å². The Bertz CT molecular complexity index is 154. The van der Waals surface area contributed by atoms with Crippen LogP contribution in [0.25, 0.3) is 0 Å². The summed E-state index contributed by atoms with van der Waals surface area (Å²) in [4.78, 5) is 13.3. The van der Waals surface area contributed by atoms with Crippen LogP contribution in [0.4, 0.5) is 0 Å². The first-order chi connectivity index (χ1) is 5.75. The van der Waals surface area contributed by atoms with Crippen molar-refractivity contribution in [2.45, 2.75) is 52.0 Å². The maximum absolute atomic E-state index is 11.2. The zero-order chi connectivity index (χ0) is 8.97. The Hall–Kier alpha value is -0.530. The van der Waals surface area contributed by atoms with Gasteiger partial charge in [-0.05, 0) is 25.7 Å². The molecular weight excluding hydrogens is 150 g/mol. The first-order valence-electron chi connectivity index (χ1n) is 5.03. The molecule has 0 aromatic heterocycles. The van der Waals surface area contributed by atoms with Crippen LogP contribution in [0.1, 0.15) is 46.0 Å². The van der Waals surface area contributed by atoms with Gasteiger partial charge in [0.1, 0.15) is 0 Å². The van der Waals surface area contributed by atoms with Gasteiger partial charge in [-0.15, -0.1) is 0 Å². The number of piperidine rings is 1. The summed E-state index contributed by atoms with van der Waals surface area (Å²) in [5.41, 5.74) is 0. The van der Waals surface area contributed by atoms with Gasteiger partial charge >= 0.3 is 0 Å². The molecule has 1 heterocycles. The standard InChI is InChI=1S/C10H19NO/c1-3-6-10-7-4-5-8-11(10)9(2)12/h10H,3-8H2,1-2H3/t10-/m0/s1. The fraction of sp³-hybridized carbons (Fsp3) is 0.900. The second-order valence-electron chi connectivity index (χ2n) is 3.65. The zero-order valence-corrected chi connectivity index (χ0v) is 8.18. The van der Waals surface area contributed by atoms with Gasteiger partial charge in [-0.25, -0.2) is 0 Å². The van der Waals surface area contributed by atoms with E-state index in [0.717, 1.165) is 6.54 Å². The van der Waals surface area contributed by atoms with Crippen molar-refractivity contribution in [1.29, 1.82) is 0 Å². The van der Waals surface area contributed by atoms with Crippen LogP contribution in [-0.4, -0.2) is 23.4 Å². The number of likely N-dealkylation sites (tertiary alicyclic amines) is 1. The van der Waals surface area contributed by atoms with Crippen molar-refractivity contribution >= 4 is 5.91 Å². The maximum atomic E-state index is 11.2. The minimum absolute atomic E-state index is 0.258. The van der Waals surface area contributed by atoms with E-state index in [0.29, 0.717) is 6.04 Å². The second-order valence-corrected chi connectivity index (χ2v) is 3.65. The van der Waals surface area contributed by atoms with Crippen LogP contribution in [0.2, 0.25) is 0 Å². The summed E-state index contributed by atoms with van der Waals surface area (Å²) in [7, 11) is 0. The van der Waals surface area contributed by atoms with Gasteiger partial charge in [0.05, 0.1) is 0 Å². The molecule has 1 aliphatic rings. The quantitative estimate of drug-likeness (QED) is 0.620. The highest BCUT2D eigenvalue weighted by atomic mass is 16.2. The van der Waals surface area contributed by atoms with Gasteiger partial charge in [0, 0.05) is 19.5 Å². The Morgan fingerprint density at radius 2 is 2.25 bits per heavy atom. The lowest BCUT2D eigenvalue weighted by Gasteiger charge is -2.35. The molecule has 12 heavy (non-hydrogen) atoms. The van der Waals surface area contributed by atoms with Crippen LogP contribution >= 0.6 is 0 Å². The molecule has 1 saturated heterocycles. The number of hydrogen-bond acceptors (Lipinski definition) is 1. The Kier molecular flexibility index (Phi) is 3.57. The van der Waals surface area contributed by atoms with Crippen molar-refractivity contribution in [2.24, 2.45) is 0 Å². The highest BCUT2D eigenvalue weighted by Crippen LogP contribution is 2.20. The monoisotopic (exact) mass is 169 g/mol. The normalized spacial score (nSPS) is 24.2. The second kappa shape index (κ2) is 4.48. The molecule has 1 aliphatic heterocycles. The van der Waals surface area contributed by atoms with Gasteiger partial charge < -0.3 is 4.90 Å². The van der Waals surface area contributed by atoms with E-state index in [1.807, 2.05) is 4.90 Å². The lowest BCUT2D eigenvalue weighted by Crippen LogP contribution is -2.42. The van der Waals surface area contributed by atoms with Crippen LogP contribution < -0.4 is 0 Å². The third kappa shape index (κ3) is 2.23. The summed E-state index contributed by atoms with van der Waals surface area (Å²) >= 11 is 0. The SMILES string of the molecule is CCC[C@H]1CCCCN1C(C)=O. The minimum atomic E-state index is 0.258. The highest BCUT2D eigenvalue weighted by molar-refractivity contribution is 5.73. The van der Waals surface area contributed by atoms with Crippen molar-refractivity contribution in [3.8, 4) is 0 Å². The van der Waals surface area contributed by atoms with Crippen LogP contribution in [0.5, 0.6) is 0 Å². The molecule has 2 heteroatoms. The number of nitrogens with zero attached hydrogens (tertiary/aromatic N) is 1. The zero-order valence-electron chi connectivity index (χ0n) is 8.18. The third-order valence-electron chi connectivity index (χ3n) is 2.65. The molecule has 0 N–H and O–H groups in total. The molecule has 0 saturated carbocycles. The molecule has 0 aromatic carbocycles. The summed E-state index contributed by atoms with van der Waals surface area (Å²) in [6.07, 6.45) is 6.08. The van der Waals surface area contributed by atoms with Crippen molar-refractivity contribution < 1.29 is 4.79 Å². The first kappa shape index (κ1) is 9.56. The molecule has 0 aromatic rings. The van der Waals surface area contributed by atoms with E-state index in [1.165, 1.54) is 32.1 Å². The number of hydrogen-bond donors (Lipinski definition) is 0. The largest absolute Gasteiger partial charge is 0.340 e. The predicted molar refractivity (Wildman–Crippen MR) is 49.9 cm³/mol. The molecule has 0 spiro atoms. The number of carbonyl (C=O) groups excluding carboxylic acids is 1. The van der Waals surface area contributed by atoms with Crippen LogP contribution in [0, 0.1) is 0 Å². The number of rotatable bonds is 2. The fourth-order valence-electron chi connectivity index (χ4n) is 2.05. The molecule has 1 amide bonds. The maximum Gasteiger partial charge on any atom is 0.219 e. The third-order valence-corrected chi connectivity index (χ3v) is 2.65. The summed E-state index contributed by atoms with van der Waals surface area (Å²) < 4.78 is 0.